The van der Waals surface area contributed by atoms with Gasteiger partial charge >= 0.3 is 0 Å². The molecule has 1 aliphatic rings. The maximum absolute atomic E-state index is 9.50. The topological polar surface area (TPSA) is 42.0 Å². The molecule has 0 aromatic heterocycles. The number of epoxide rings is 1. The number of hydrogen-bond acceptors (Lipinski definition) is 3. The van der Waals surface area contributed by atoms with Crippen LogP contribution < -0.4 is 0 Å². The first-order valence-electron chi connectivity index (χ1n) is 7.82. The van der Waals surface area contributed by atoms with Crippen LogP contribution in [0.3, 0.4) is 0 Å². The van der Waals surface area contributed by atoms with E-state index in [1.54, 1.807) is 0 Å². The SMILES string of the molecule is CCC(C)(CC(C)(C)CO)C1OC1OCc1ccccc1. The van der Waals surface area contributed by atoms with Crippen LogP contribution in [0.5, 0.6) is 0 Å². The van der Waals surface area contributed by atoms with E-state index in [-0.39, 0.29) is 29.8 Å². The Bertz CT molecular complexity index is 443. The molecule has 3 nitrogen and oxygen atoms in total. The monoisotopic (exact) mass is 292 g/mol. The molecule has 0 amide bonds. The molecule has 3 heteroatoms. The second kappa shape index (κ2) is 6.47. The van der Waals surface area contributed by atoms with Gasteiger partial charge in [-0.1, -0.05) is 58.0 Å². The highest BCUT2D eigenvalue weighted by molar-refractivity contribution is 5.13. The molecular weight excluding hydrogens is 264 g/mol. The van der Waals surface area contributed by atoms with Gasteiger partial charge in [0.25, 0.3) is 0 Å². The highest BCUT2D eigenvalue weighted by Crippen LogP contribution is 2.48. The van der Waals surface area contributed by atoms with Crippen LogP contribution in [-0.4, -0.2) is 24.1 Å². The minimum atomic E-state index is -0.107. The number of aliphatic hydroxyl groups is 1. The third-order valence-electron chi connectivity index (χ3n) is 4.51. The Kier molecular flexibility index (Phi) is 5.07. The van der Waals surface area contributed by atoms with Crippen molar-refractivity contribution >= 4 is 0 Å². The summed E-state index contributed by atoms with van der Waals surface area (Å²) in [5.41, 5.74) is 1.13. The Morgan fingerprint density at radius 3 is 2.43 bits per heavy atom. The molecule has 2 rings (SSSR count). The summed E-state index contributed by atoms with van der Waals surface area (Å²) >= 11 is 0. The molecule has 1 aromatic rings. The fourth-order valence-corrected chi connectivity index (χ4v) is 3.05. The molecule has 1 N–H and O–H groups in total. The van der Waals surface area contributed by atoms with Crippen molar-refractivity contribution < 1.29 is 14.6 Å². The Hall–Kier alpha value is -0.900. The van der Waals surface area contributed by atoms with Crippen molar-refractivity contribution in [3.63, 3.8) is 0 Å². The molecule has 0 radical (unpaired) electrons. The molecule has 1 aromatic carbocycles. The number of hydrogen-bond donors (Lipinski definition) is 1. The van der Waals surface area contributed by atoms with E-state index in [4.69, 9.17) is 9.47 Å². The van der Waals surface area contributed by atoms with E-state index < -0.39 is 0 Å². The van der Waals surface area contributed by atoms with Gasteiger partial charge in [0.1, 0.15) is 6.10 Å². The van der Waals surface area contributed by atoms with Crippen molar-refractivity contribution in [1.29, 1.82) is 0 Å². The molecule has 1 saturated heterocycles. The Morgan fingerprint density at radius 2 is 1.86 bits per heavy atom. The van der Waals surface area contributed by atoms with Crippen LogP contribution in [0.4, 0.5) is 0 Å². The molecule has 0 aliphatic carbocycles. The maximum Gasteiger partial charge on any atom is 0.185 e. The standard InChI is InChI=1S/C18H28O3/c1-5-18(4,12-17(2,3)13-19)15-16(21-15)20-11-14-9-7-6-8-10-14/h6-10,15-16,19H,5,11-13H2,1-4H3. The minimum Gasteiger partial charge on any atom is -0.396 e. The van der Waals surface area contributed by atoms with Crippen molar-refractivity contribution in [3.8, 4) is 0 Å². The van der Waals surface area contributed by atoms with Crippen molar-refractivity contribution in [2.24, 2.45) is 10.8 Å². The molecule has 118 valence electrons. The van der Waals surface area contributed by atoms with E-state index in [1.165, 1.54) is 5.56 Å². The first kappa shape index (κ1) is 16.5. The van der Waals surface area contributed by atoms with E-state index in [0.29, 0.717) is 6.61 Å². The predicted octanol–water partition coefficient (Wildman–Crippen LogP) is 3.75. The van der Waals surface area contributed by atoms with Gasteiger partial charge in [0, 0.05) is 6.61 Å². The van der Waals surface area contributed by atoms with Gasteiger partial charge in [-0.15, -0.1) is 0 Å². The maximum atomic E-state index is 9.50. The summed E-state index contributed by atoms with van der Waals surface area (Å²) in [5.74, 6) is 0. The number of benzene rings is 1. The zero-order chi connectivity index (χ0) is 15.5. The van der Waals surface area contributed by atoms with Gasteiger partial charge in [-0.2, -0.15) is 0 Å². The fourth-order valence-electron chi connectivity index (χ4n) is 3.05. The quantitative estimate of drug-likeness (QED) is 0.742. The largest absolute Gasteiger partial charge is 0.396 e. The molecule has 1 fully saturated rings. The summed E-state index contributed by atoms with van der Waals surface area (Å²) in [6, 6.07) is 10.2. The minimum absolute atomic E-state index is 0.0492. The van der Waals surface area contributed by atoms with Gasteiger partial charge in [0.15, 0.2) is 6.29 Å². The molecule has 0 bridgehead atoms. The zero-order valence-electron chi connectivity index (χ0n) is 13.6. The molecule has 21 heavy (non-hydrogen) atoms. The van der Waals surface area contributed by atoms with Crippen molar-refractivity contribution in [3.05, 3.63) is 35.9 Å². The van der Waals surface area contributed by atoms with E-state index in [0.717, 1.165) is 12.8 Å². The smallest absolute Gasteiger partial charge is 0.185 e. The van der Waals surface area contributed by atoms with Crippen molar-refractivity contribution in [2.75, 3.05) is 6.61 Å². The van der Waals surface area contributed by atoms with Crippen LogP contribution in [0.25, 0.3) is 0 Å². The summed E-state index contributed by atoms with van der Waals surface area (Å²) in [4.78, 5) is 0. The highest BCUT2D eigenvalue weighted by atomic mass is 16.8. The zero-order valence-corrected chi connectivity index (χ0v) is 13.6. The lowest BCUT2D eigenvalue weighted by Gasteiger charge is -2.35. The summed E-state index contributed by atoms with van der Waals surface area (Å²) in [6.45, 7) is 9.41. The third kappa shape index (κ3) is 4.29. The van der Waals surface area contributed by atoms with Gasteiger partial charge in [0.2, 0.25) is 0 Å². The molecule has 3 unspecified atom stereocenters. The third-order valence-corrected chi connectivity index (χ3v) is 4.51. The summed E-state index contributed by atoms with van der Waals surface area (Å²) < 4.78 is 11.6. The predicted molar refractivity (Wildman–Crippen MR) is 83.8 cm³/mol. The molecule has 1 aliphatic heterocycles. The van der Waals surface area contributed by atoms with Crippen LogP contribution in [0.1, 0.15) is 46.1 Å². The number of aliphatic hydroxyl groups excluding tert-OH is 1. The lowest BCUT2D eigenvalue weighted by molar-refractivity contribution is 0.0380. The average molecular weight is 292 g/mol. The average Bonchev–Trinajstić information content (AvgIpc) is 3.26. The van der Waals surface area contributed by atoms with Crippen LogP contribution in [0.15, 0.2) is 30.3 Å². The Balaban J connectivity index is 1.88. The summed E-state index contributed by atoms with van der Waals surface area (Å²) in [6.07, 6.45) is 1.98. The van der Waals surface area contributed by atoms with E-state index in [2.05, 4.69) is 39.8 Å². The second-order valence-corrected chi connectivity index (χ2v) is 7.23. The number of ether oxygens (including phenoxy) is 2. The molecule has 0 spiro atoms. The van der Waals surface area contributed by atoms with Crippen molar-refractivity contribution in [1.82, 2.24) is 0 Å². The van der Waals surface area contributed by atoms with Crippen LogP contribution >= 0.6 is 0 Å². The van der Waals surface area contributed by atoms with Gasteiger partial charge < -0.3 is 14.6 Å². The first-order valence-corrected chi connectivity index (χ1v) is 7.82. The van der Waals surface area contributed by atoms with Gasteiger partial charge in [-0.05, 0) is 29.2 Å². The second-order valence-electron chi connectivity index (χ2n) is 7.23. The van der Waals surface area contributed by atoms with Crippen LogP contribution in [0.2, 0.25) is 0 Å². The van der Waals surface area contributed by atoms with Crippen LogP contribution in [0, 0.1) is 10.8 Å². The Labute approximate surface area is 128 Å². The molecule has 3 atom stereocenters. The molecular formula is C18H28O3. The van der Waals surface area contributed by atoms with Crippen LogP contribution in [-0.2, 0) is 16.1 Å². The van der Waals surface area contributed by atoms with Gasteiger partial charge in [0.05, 0.1) is 6.61 Å². The fraction of sp³-hybridized carbons (Fsp3) is 0.667. The van der Waals surface area contributed by atoms with E-state index in [9.17, 15) is 5.11 Å². The molecule has 0 saturated carbocycles. The van der Waals surface area contributed by atoms with E-state index >= 15 is 0 Å². The highest BCUT2D eigenvalue weighted by Gasteiger charge is 2.53. The first-order chi connectivity index (χ1) is 9.90. The van der Waals surface area contributed by atoms with Gasteiger partial charge in [-0.3, -0.25) is 0 Å². The summed E-state index contributed by atoms with van der Waals surface area (Å²) in [7, 11) is 0. The lowest BCUT2D eigenvalue weighted by atomic mass is 9.71. The Morgan fingerprint density at radius 1 is 1.19 bits per heavy atom. The summed E-state index contributed by atoms with van der Waals surface area (Å²) in [5, 5.41) is 9.50. The molecule has 1 heterocycles. The normalized spacial score (nSPS) is 24.6. The lowest BCUT2D eigenvalue weighted by Crippen LogP contribution is -2.33. The van der Waals surface area contributed by atoms with E-state index in [1.807, 2.05) is 18.2 Å². The van der Waals surface area contributed by atoms with Crippen molar-refractivity contribution in [2.45, 2.75) is 59.5 Å². The van der Waals surface area contributed by atoms with Gasteiger partial charge in [-0.25, -0.2) is 0 Å². The number of rotatable bonds is 8.